The average molecular weight is 253 g/mol. The van der Waals surface area contributed by atoms with Gasteiger partial charge in [0, 0.05) is 11.8 Å². The van der Waals surface area contributed by atoms with E-state index in [9.17, 15) is 22.4 Å². The van der Waals surface area contributed by atoms with E-state index < -0.39 is 29.6 Å². The Hall–Kier alpha value is -1.86. The van der Waals surface area contributed by atoms with Gasteiger partial charge in [-0.3, -0.25) is 0 Å². The number of aromatic nitrogens is 1. The molecule has 0 spiro atoms. The molecule has 0 atom stereocenters. The van der Waals surface area contributed by atoms with Crippen molar-refractivity contribution in [1.29, 1.82) is 0 Å². The second-order valence-electron chi connectivity index (χ2n) is 2.97. The Balaban J connectivity index is 3.25. The normalized spacial score (nSPS) is 11.2. The highest BCUT2D eigenvalue weighted by atomic mass is 19.4. The van der Waals surface area contributed by atoms with Crippen LogP contribution in [0.1, 0.15) is 16.1 Å². The SMILES string of the molecule is COC(=O)c1ncc(C)c(OC(F)(F)F)c1F. The van der Waals surface area contributed by atoms with Crippen LogP contribution in [0.15, 0.2) is 6.20 Å². The molecule has 4 nitrogen and oxygen atoms in total. The van der Waals surface area contributed by atoms with Crippen molar-refractivity contribution in [3.63, 3.8) is 0 Å². The van der Waals surface area contributed by atoms with E-state index >= 15 is 0 Å². The van der Waals surface area contributed by atoms with Gasteiger partial charge in [-0.15, -0.1) is 13.2 Å². The number of nitrogens with zero attached hydrogens (tertiary/aromatic N) is 1. The standard InChI is InChI=1S/C9H7F4NO3/c1-4-3-14-6(8(15)16-2)5(10)7(4)17-9(11,12)13/h3H,1-2H3. The van der Waals surface area contributed by atoms with Gasteiger partial charge >= 0.3 is 12.3 Å². The number of rotatable bonds is 2. The van der Waals surface area contributed by atoms with Crippen molar-refractivity contribution in [3.05, 3.63) is 23.3 Å². The number of methoxy groups -OCH3 is 1. The molecule has 1 rings (SSSR count). The lowest BCUT2D eigenvalue weighted by Gasteiger charge is -2.12. The zero-order chi connectivity index (χ0) is 13.2. The molecule has 0 unspecified atom stereocenters. The van der Waals surface area contributed by atoms with Crippen molar-refractivity contribution >= 4 is 5.97 Å². The summed E-state index contributed by atoms with van der Waals surface area (Å²) in [5, 5.41) is 0. The molecule has 8 heteroatoms. The van der Waals surface area contributed by atoms with Crippen LogP contribution in [0.4, 0.5) is 17.6 Å². The quantitative estimate of drug-likeness (QED) is 0.599. The van der Waals surface area contributed by atoms with Gasteiger partial charge in [0.15, 0.2) is 17.3 Å². The molecule has 0 fully saturated rings. The topological polar surface area (TPSA) is 48.4 Å². The minimum absolute atomic E-state index is 0.188. The molecule has 0 saturated carbocycles. The van der Waals surface area contributed by atoms with E-state index in [-0.39, 0.29) is 5.56 Å². The molecule has 0 bridgehead atoms. The molecule has 17 heavy (non-hydrogen) atoms. The van der Waals surface area contributed by atoms with Crippen LogP contribution in [0.5, 0.6) is 5.75 Å². The molecule has 0 amide bonds. The fourth-order valence-electron chi connectivity index (χ4n) is 1.04. The Morgan fingerprint density at radius 3 is 2.47 bits per heavy atom. The van der Waals surface area contributed by atoms with E-state index in [0.29, 0.717) is 0 Å². The Kier molecular flexibility index (Phi) is 3.54. The van der Waals surface area contributed by atoms with Gasteiger partial charge in [0.2, 0.25) is 0 Å². The molecular weight excluding hydrogens is 246 g/mol. The fourth-order valence-corrected chi connectivity index (χ4v) is 1.04. The van der Waals surface area contributed by atoms with Gasteiger partial charge in [0.25, 0.3) is 0 Å². The molecule has 1 aromatic heterocycles. The Morgan fingerprint density at radius 1 is 1.41 bits per heavy atom. The lowest BCUT2D eigenvalue weighted by atomic mass is 10.2. The number of aryl methyl sites for hydroxylation is 1. The minimum Gasteiger partial charge on any atom is -0.464 e. The van der Waals surface area contributed by atoms with E-state index in [2.05, 4.69) is 14.5 Å². The van der Waals surface area contributed by atoms with Crippen molar-refractivity contribution in [2.24, 2.45) is 0 Å². The van der Waals surface area contributed by atoms with Crippen LogP contribution in [-0.4, -0.2) is 24.4 Å². The number of hydrogen-bond acceptors (Lipinski definition) is 4. The highest BCUT2D eigenvalue weighted by molar-refractivity contribution is 5.88. The summed E-state index contributed by atoms with van der Waals surface area (Å²) in [6, 6.07) is 0. The highest BCUT2D eigenvalue weighted by Gasteiger charge is 2.34. The summed E-state index contributed by atoms with van der Waals surface area (Å²) in [6.07, 6.45) is -4.17. The number of esters is 1. The van der Waals surface area contributed by atoms with Gasteiger partial charge in [0.05, 0.1) is 7.11 Å². The summed E-state index contributed by atoms with van der Waals surface area (Å²) in [5.74, 6) is -3.78. The summed E-state index contributed by atoms with van der Waals surface area (Å²) < 4.78 is 57.1. The number of carbonyl (C=O) groups excluding carboxylic acids is 1. The molecule has 0 aliphatic heterocycles. The first-order valence-electron chi connectivity index (χ1n) is 4.25. The highest BCUT2D eigenvalue weighted by Crippen LogP contribution is 2.29. The number of carbonyl (C=O) groups is 1. The maximum Gasteiger partial charge on any atom is 0.573 e. The number of hydrogen-bond donors (Lipinski definition) is 0. The van der Waals surface area contributed by atoms with Crippen molar-refractivity contribution in [2.75, 3.05) is 7.11 Å². The molecule has 0 N–H and O–H groups in total. The fraction of sp³-hybridized carbons (Fsp3) is 0.333. The molecular formula is C9H7F4NO3. The zero-order valence-electron chi connectivity index (χ0n) is 8.76. The first-order valence-corrected chi connectivity index (χ1v) is 4.25. The van der Waals surface area contributed by atoms with Crippen LogP contribution in [0.25, 0.3) is 0 Å². The van der Waals surface area contributed by atoms with Crippen LogP contribution in [0.3, 0.4) is 0 Å². The maximum absolute atomic E-state index is 13.5. The van der Waals surface area contributed by atoms with Crippen LogP contribution in [-0.2, 0) is 4.74 Å². The van der Waals surface area contributed by atoms with E-state index in [1.165, 1.54) is 0 Å². The zero-order valence-corrected chi connectivity index (χ0v) is 8.76. The largest absolute Gasteiger partial charge is 0.573 e. The number of pyridine rings is 1. The van der Waals surface area contributed by atoms with Gasteiger partial charge < -0.3 is 9.47 Å². The lowest BCUT2D eigenvalue weighted by molar-refractivity contribution is -0.275. The van der Waals surface area contributed by atoms with Gasteiger partial charge in [-0.1, -0.05) is 0 Å². The maximum atomic E-state index is 13.5. The number of ether oxygens (including phenoxy) is 2. The summed E-state index contributed by atoms with van der Waals surface area (Å²) in [5.41, 5.74) is -1.05. The average Bonchev–Trinajstić information content (AvgIpc) is 2.22. The van der Waals surface area contributed by atoms with Crippen LogP contribution in [0.2, 0.25) is 0 Å². The predicted octanol–water partition coefficient (Wildman–Crippen LogP) is 2.21. The third-order valence-corrected chi connectivity index (χ3v) is 1.75. The molecule has 1 heterocycles. The van der Waals surface area contributed by atoms with Gasteiger partial charge in [0.1, 0.15) is 0 Å². The van der Waals surface area contributed by atoms with Crippen LogP contribution < -0.4 is 4.74 Å². The second-order valence-corrected chi connectivity index (χ2v) is 2.97. The first kappa shape index (κ1) is 13.2. The molecule has 0 aliphatic carbocycles. The smallest absolute Gasteiger partial charge is 0.464 e. The summed E-state index contributed by atoms with van der Waals surface area (Å²) in [7, 11) is 0.952. The molecule has 1 aromatic rings. The number of halogens is 4. The van der Waals surface area contributed by atoms with Crippen LogP contribution >= 0.6 is 0 Å². The third-order valence-electron chi connectivity index (χ3n) is 1.75. The van der Waals surface area contributed by atoms with E-state index in [0.717, 1.165) is 20.2 Å². The summed E-state index contributed by atoms with van der Waals surface area (Å²) >= 11 is 0. The second kappa shape index (κ2) is 4.56. The molecule has 0 radical (unpaired) electrons. The molecule has 0 aromatic carbocycles. The van der Waals surface area contributed by atoms with Gasteiger partial charge in [-0.2, -0.15) is 0 Å². The molecule has 0 aliphatic rings. The van der Waals surface area contributed by atoms with E-state index in [1.807, 2.05) is 0 Å². The van der Waals surface area contributed by atoms with Gasteiger partial charge in [-0.05, 0) is 6.92 Å². The van der Waals surface area contributed by atoms with E-state index in [1.54, 1.807) is 0 Å². The number of alkyl halides is 3. The van der Waals surface area contributed by atoms with Crippen molar-refractivity contribution in [1.82, 2.24) is 4.98 Å². The summed E-state index contributed by atoms with van der Waals surface area (Å²) in [6.45, 7) is 1.16. The lowest BCUT2D eigenvalue weighted by Crippen LogP contribution is -2.20. The van der Waals surface area contributed by atoms with Crippen molar-refractivity contribution in [3.8, 4) is 5.75 Å². The Bertz CT molecular complexity index is 445. The van der Waals surface area contributed by atoms with E-state index in [4.69, 9.17) is 0 Å². The first-order chi connectivity index (χ1) is 7.76. The third kappa shape index (κ3) is 3.05. The minimum atomic E-state index is -5.06. The van der Waals surface area contributed by atoms with Crippen molar-refractivity contribution in [2.45, 2.75) is 13.3 Å². The van der Waals surface area contributed by atoms with Crippen LogP contribution in [0, 0.1) is 12.7 Å². The van der Waals surface area contributed by atoms with Crippen molar-refractivity contribution < 1.29 is 31.8 Å². The Labute approximate surface area is 93.2 Å². The predicted molar refractivity (Wildman–Crippen MR) is 47.0 cm³/mol. The van der Waals surface area contributed by atoms with Gasteiger partial charge in [-0.25, -0.2) is 14.2 Å². The Morgan fingerprint density at radius 2 is 2.00 bits per heavy atom. The summed E-state index contributed by atoms with van der Waals surface area (Å²) in [4.78, 5) is 14.3. The molecule has 94 valence electrons. The monoisotopic (exact) mass is 253 g/mol. The molecule has 0 saturated heterocycles.